The lowest BCUT2D eigenvalue weighted by atomic mass is 10.2. The van der Waals surface area contributed by atoms with Gasteiger partial charge in [0.15, 0.2) is 0 Å². The summed E-state index contributed by atoms with van der Waals surface area (Å²) in [6.07, 6.45) is 0. The molecular formula is C11H28N2. The lowest BCUT2D eigenvalue weighted by Gasteiger charge is -2.28. The molecule has 2 heteroatoms. The van der Waals surface area contributed by atoms with E-state index in [0.29, 0.717) is 18.1 Å². The van der Waals surface area contributed by atoms with Crippen LogP contribution >= 0.6 is 0 Å². The fourth-order valence-electron chi connectivity index (χ4n) is 1.33. The van der Waals surface area contributed by atoms with E-state index in [0.717, 1.165) is 6.54 Å². The molecule has 0 spiro atoms. The molecule has 0 bridgehead atoms. The first-order chi connectivity index (χ1) is 5.82. The molecule has 13 heavy (non-hydrogen) atoms. The van der Waals surface area contributed by atoms with Crippen molar-refractivity contribution in [2.24, 2.45) is 5.73 Å². The van der Waals surface area contributed by atoms with Crippen LogP contribution in [0.4, 0.5) is 0 Å². The second-order valence-corrected chi connectivity index (χ2v) is 4.26. The van der Waals surface area contributed by atoms with Crippen LogP contribution in [0.2, 0.25) is 0 Å². The molecule has 0 heterocycles. The average Bonchev–Trinajstić information content (AvgIpc) is 1.84. The summed E-state index contributed by atoms with van der Waals surface area (Å²) in [5, 5.41) is 0. The number of rotatable bonds is 3. The van der Waals surface area contributed by atoms with E-state index in [2.05, 4.69) is 39.5 Å². The summed E-state index contributed by atoms with van der Waals surface area (Å²) in [6, 6.07) is 1.71. The van der Waals surface area contributed by atoms with Gasteiger partial charge in [-0.15, -0.1) is 0 Å². The van der Waals surface area contributed by atoms with Gasteiger partial charge < -0.3 is 5.73 Å². The van der Waals surface area contributed by atoms with Crippen molar-refractivity contribution in [1.82, 2.24) is 4.90 Å². The highest BCUT2D eigenvalue weighted by Crippen LogP contribution is 2.02. The zero-order valence-corrected chi connectivity index (χ0v) is 10.5. The van der Waals surface area contributed by atoms with Crippen LogP contribution in [-0.4, -0.2) is 29.6 Å². The monoisotopic (exact) mass is 188 g/mol. The standard InChI is InChI=1S/C8H19N.C3H9N/c1-6-9(7(2)3)8(4)5;1-3(2)4/h7-8H,6H2,1-5H3;3H,4H2,1-2H3. The highest BCUT2D eigenvalue weighted by atomic mass is 15.2. The smallest absolute Gasteiger partial charge is 0.00411 e. The van der Waals surface area contributed by atoms with Crippen molar-refractivity contribution in [2.75, 3.05) is 6.54 Å². The molecule has 0 aromatic carbocycles. The van der Waals surface area contributed by atoms with Crippen LogP contribution in [0, 0.1) is 0 Å². The molecule has 82 valence electrons. The molecule has 0 radical (unpaired) electrons. The van der Waals surface area contributed by atoms with E-state index < -0.39 is 0 Å². The second-order valence-electron chi connectivity index (χ2n) is 4.26. The summed E-state index contributed by atoms with van der Waals surface area (Å²) in [6.45, 7) is 16.2. The molecule has 0 aromatic rings. The summed E-state index contributed by atoms with van der Waals surface area (Å²) in [5.41, 5.74) is 5.11. The molecule has 2 N–H and O–H groups in total. The Labute approximate surface area is 84.5 Å². The third-order valence-corrected chi connectivity index (χ3v) is 1.69. The van der Waals surface area contributed by atoms with Gasteiger partial charge in [0, 0.05) is 12.1 Å². The van der Waals surface area contributed by atoms with Gasteiger partial charge >= 0.3 is 0 Å². The SMILES string of the molecule is CC(C)N.CCN(C(C)C)C(C)C. The normalized spacial score (nSPS) is 11.1. The second kappa shape index (κ2) is 8.52. The maximum atomic E-state index is 5.11. The molecule has 2 nitrogen and oxygen atoms in total. The molecule has 0 fully saturated rings. The summed E-state index contributed by atoms with van der Waals surface area (Å²) in [4.78, 5) is 2.46. The van der Waals surface area contributed by atoms with Gasteiger partial charge in [0.25, 0.3) is 0 Å². The first-order valence-corrected chi connectivity index (χ1v) is 5.34. The Kier molecular flexibility index (Phi) is 10.1. The third kappa shape index (κ3) is 11.9. The minimum Gasteiger partial charge on any atom is -0.328 e. The maximum Gasteiger partial charge on any atom is 0.00411 e. The fraction of sp³-hybridized carbons (Fsp3) is 1.00. The van der Waals surface area contributed by atoms with Gasteiger partial charge in [-0.1, -0.05) is 20.8 Å². The van der Waals surface area contributed by atoms with Crippen molar-refractivity contribution >= 4 is 0 Å². The number of hydrogen-bond donors (Lipinski definition) is 1. The Balaban J connectivity index is 0. The summed E-state index contributed by atoms with van der Waals surface area (Å²) >= 11 is 0. The molecule has 0 aromatic heterocycles. The zero-order chi connectivity index (χ0) is 11.0. The Morgan fingerprint density at radius 1 is 0.923 bits per heavy atom. The van der Waals surface area contributed by atoms with Crippen molar-refractivity contribution in [3.63, 3.8) is 0 Å². The lowest BCUT2D eigenvalue weighted by Crippen LogP contribution is -2.36. The van der Waals surface area contributed by atoms with Crippen LogP contribution in [-0.2, 0) is 0 Å². The third-order valence-electron chi connectivity index (χ3n) is 1.69. The molecule has 0 unspecified atom stereocenters. The highest BCUT2D eigenvalue weighted by molar-refractivity contribution is 4.64. The van der Waals surface area contributed by atoms with Crippen LogP contribution in [0.25, 0.3) is 0 Å². The van der Waals surface area contributed by atoms with Gasteiger partial charge in [0.1, 0.15) is 0 Å². The lowest BCUT2D eigenvalue weighted by molar-refractivity contribution is 0.185. The largest absolute Gasteiger partial charge is 0.328 e. The van der Waals surface area contributed by atoms with Crippen LogP contribution in [0.15, 0.2) is 0 Å². The van der Waals surface area contributed by atoms with Gasteiger partial charge in [-0.05, 0) is 40.3 Å². The number of hydrogen-bond acceptors (Lipinski definition) is 2. The molecule has 0 aliphatic heterocycles. The number of nitrogens with zero attached hydrogens (tertiary/aromatic N) is 1. The van der Waals surface area contributed by atoms with Crippen LogP contribution in [0.3, 0.4) is 0 Å². The summed E-state index contributed by atoms with van der Waals surface area (Å²) < 4.78 is 0. The van der Waals surface area contributed by atoms with E-state index in [-0.39, 0.29) is 0 Å². The summed E-state index contributed by atoms with van der Waals surface area (Å²) in [7, 11) is 0. The van der Waals surface area contributed by atoms with E-state index in [1.165, 1.54) is 0 Å². The molecular weight excluding hydrogens is 160 g/mol. The topological polar surface area (TPSA) is 29.3 Å². The highest BCUT2D eigenvalue weighted by Gasteiger charge is 2.08. The molecule has 0 aliphatic carbocycles. The van der Waals surface area contributed by atoms with E-state index in [1.54, 1.807) is 0 Å². The Hall–Kier alpha value is -0.0800. The van der Waals surface area contributed by atoms with Crippen molar-refractivity contribution in [3.05, 3.63) is 0 Å². The molecule has 0 rings (SSSR count). The van der Waals surface area contributed by atoms with Gasteiger partial charge in [0.2, 0.25) is 0 Å². The Morgan fingerprint density at radius 2 is 1.15 bits per heavy atom. The molecule has 0 amide bonds. The van der Waals surface area contributed by atoms with Crippen molar-refractivity contribution in [3.8, 4) is 0 Å². The Morgan fingerprint density at radius 3 is 1.15 bits per heavy atom. The van der Waals surface area contributed by atoms with Crippen molar-refractivity contribution < 1.29 is 0 Å². The van der Waals surface area contributed by atoms with Crippen LogP contribution in [0.5, 0.6) is 0 Å². The summed E-state index contributed by atoms with van der Waals surface area (Å²) in [5.74, 6) is 0. The van der Waals surface area contributed by atoms with Crippen molar-refractivity contribution in [1.29, 1.82) is 0 Å². The number of nitrogens with two attached hydrogens (primary N) is 1. The van der Waals surface area contributed by atoms with E-state index >= 15 is 0 Å². The molecule has 0 saturated carbocycles. The van der Waals surface area contributed by atoms with Gasteiger partial charge in [-0.25, -0.2) is 0 Å². The first-order valence-electron chi connectivity index (χ1n) is 5.34. The van der Waals surface area contributed by atoms with Crippen LogP contribution < -0.4 is 5.73 Å². The zero-order valence-electron chi connectivity index (χ0n) is 10.5. The van der Waals surface area contributed by atoms with Gasteiger partial charge in [0.05, 0.1) is 0 Å². The van der Waals surface area contributed by atoms with E-state index in [4.69, 9.17) is 5.73 Å². The molecule has 0 saturated heterocycles. The predicted molar refractivity (Wildman–Crippen MR) is 62.0 cm³/mol. The first kappa shape index (κ1) is 15.4. The molecule has 0 aliphatic rings. The van der Waals surface area contributed by atoms with Gasteiger partial charge in [-0.2, -0.15) is 0 Å². The fourth-order valence-corrected chi connectivity index (χ4v) is 1.33. The minimum absolute atomic E-state index is 0.333. The van der Waals surface area contributed by atoms with Crippen LogP contribution in [0.1, 0.15) is 48.5 Å². The van der Waals surface area contributed by atoms with Gasteiger partial charge in [-0.3, -0.25) is 4.90 Å². The minimum atomic E-state index is 0.333. The molecule has 0 atom stereocenters. The average molecular weight is 188 g/mol. The quantitative estimate of drug-likeness (QED) is 0.737. The Bertz CT molecular complexity index is 87.5. The maximum absolute atomic E-state index is 5.11. The van der Waals surface area contributed by atoms with E-state index in [9.17, 15) is 0 Å². The van der Waals surface area contributed by atoms with Crippen molar-refractivity contribution in [2.45, 2.75) is 66.6 Å². The van der Waals surface area contributed by atoms with E-state index in [1.807, 2.05) is 13.8 Å². The predicted octanol–water partition coefficient (Wildman–Crippen LogP) is 2.48.